The smallest absolute Gasteiger partial charge is 0.288 e. The van der Waals surface area contributed by atoms with Crippen LogP contribution in [-0.2, 0) is 9.84 Å². The highest BCUT2D eigenvalue weighted by atomic mass is 32.2. The second-order valence-corrected chi connectivity index (χ2v) is 6.36. The summed E-state index contributed by atoms with van der Waals surface area (Å²) < 4.78 is 23.1. The molecule has 0 radical (unpaired) electrons. The molecule has 2 N–H and O–H groups in total. The van der Waals surface area contributed by atoms with Crippen LogP contribution >= 0.6 is 0 Å². The molecule has 0 saturated heterocycles. The first kappa shape index (κ1) is 15.4. The van der Waals surface area contributed by atoms with Crippen molar-refractivity contribution >= 4 is 21.2 Å². The third kappa shape index (κ3) is 4.18. The lowest BCUT2D eigenvalue weighted by molar-refractivity contribution is -0.387. The third-order valence-corrected chi connectivity index (χ3v) is 3.65. The number of nitrogens with zero attached hydrogens (tertiary/aromatic N) is 1. The number of sulfone groups is 1. The van der Waals surface area contributed by atoms with Crippen LogP contribution in [0.3, 0.4) is 0 Å². The minimum absolute atomic E-state index is 0.00108. The molecule has 0 aromatic heterocycles. The normalized spacial score (nSPS) is 13.0. The lowest BCUT2D eigenvalue weighted by Gasteiger charge is -2.11. The molecule has 19 heavy (non-hydrogen) atoms. The van der Waals surface area contributed by atoms with Crippen molar-refractivity contribution < 1.29 is 18.4 Å². The van der Waals surface area contributed by atoms with Gasteiger partial charge >= 0.3 is 0 Å². The van der Waals surface area contributed by atoms with Gasteiger partial charge in [0, 0.05) is 31.2 Å². The topological polar surface area (TPSA) is 110 Å². The first-order valence-electron chi connectivity index (χ1n) is 5.59. The summed E-state index contributed by atoms with van der Waals surface area (Å²) >= 11 is 0. The third-order valence-electron chi connectivity index (χ3n) is 2.52. The van der Waals surface area contributed by atoms with E-state index in [9.17, 15) is 18.5 Å². The summed E-state index contributed by atoms with van der Waals surface area (Å²) in [5, 5.41) is 22.6. The van der Waals surface area contributed by atoms with Crippen LogP contribution in [0.5, 0.6) is 0 Å². The molecule has 106 valence electrons. The summed E-state index contributed by atoms with van der Waals surface area (Å²) in [5.74, 6) is -0.00289. The fourth-order valence-electron chi connectivity index (χ4n) is 1.43. The highest BCUT2D eigenvalue weighted by molar-refractivity contribution is 7.90. The summed E-state index contributed by atoms with van der Waals surface area (Å²) in [6.45, 7) is 2.26. The Bertz CT molecular complexity index is 570. The Hall–Kier alpha value is -1.67. The van der Waals surface area contributed by atoms with Gasteiger partial charge in [0.15, 0.2) is 9.84 Å². The summed E-state index contributed by atoms with van der Waals surface area (Å²) in [5.41, 5.74) is 0.0228. The van der Waals surface area contributed by atoms with Gasteiger partial charge in [0.2, 0.25) is 0 Å². The van der Waals surface area contributed by atoms with Crippen molar-refractivity contribution in [3.05, 3.63) is 28.3 Å². The summed E-state index contributed by atoms with van der Waals surface area (Å²) in [6, 6.07) is 3.83. The minimum Gasteiger partial charge on any atom is -0.396 e. The van der Waals surface area contributed by atoms with Gasteiger partial charge < -0.3 is 10.4 Å². The van der Waals surface area contributed by atoms with Crippen LogP contribution in [0.1, 0.15) is 6.92 Å². The first-order valence-corrected chi connectivity index (χ1v) is 7.48. The Kier molecular flexibility index (Phi) is 4.84. The molecule has 0 amide bonds. The predicted octanol–water partition coefficient (Wildman–Crippen LogP) is 1.04. The number of anilines is 1. The van der Waals surface area contributed by atoms with Crippen molar-refractivity contribution in [2.75, 3.05) is 24.7 Å². The Labute approximate surface area is 111 Å². The SMILES string of the molecule is CC(CO)CNc1ccc([N+](=O)[O-])c(S(C)(=O)=O)c1. The van der Waals surface area contributed by atoms with Crippen molar-refractivity contribution in [2.45, 2.75) is 11.8 Å². The summed E-state index contributed by atoms with van der Waals surface area (Å²) in [7, 11) is -3.68. The van der Waals surface area contributed by atoms with Gasteiger partial charge in [-0.15, -0.1) is 0 Å². The number of rotatable bonds is 6. The molecule has 1 aromatic rings. The molecule has 1 rings (SSSR count). The number of nitro benzene ring substituents is 1. The van der Waals surface area contributed by atoms with E-state index < -0.39 is 20.4 Å². The molecule has 1 atom stereocenters. The van der Waals surface area contributed by atoms with Crippen LogP contribution in [0.2, 0.25) is 0 Å². The lowest BCUT2D eigenvalue weighted by Crippen LogP contribution is -2.15. The number of hydrogen-bond donors (Lipinski definition) is 2. The molecule has 0 aliphatic rings. The molecule has 8 heteroatoms. The van der Waals surface area contributed by atoms with Crippen LogP contribution in [0.15, 0.2) is 23.1 Å². The summed E-state index contributed by atoms with van der Waals surface area (Å²) in [6.07, 6.45) is 0.926. The molecule has 0 fully saturated rings. The van der Waals surface area contributed by atoms with Gasteiger partial charge in [-0.3, -0.25) is 10.1 Å². The summed E-state index contributed by atoms with van der Waals surface area (Å²) in [4.78, 5) is 9.73. The van der Waals surface area contributed by atoms with Crippen molar-refractivity contribution in [1.29, 1.82) is 0 Å². The monoisotopic (exact) mass is 288 g/mol. The number of benzene rings is 1. The maximum Gasteiger partial charge on any atom is 0.288 e. The lowest BCUT2D eigenvalue weighted by atomic mass is 10.2. The van der Waals surface area contributed by atoms with Crippen molar-refractivity contribution in [3.63, 3.8) is 0 Å². The van der Waals surface area contributed by atoms with Crippen molar-refractivity contribution in [2.24, 2.45) is 5.92 Å². The average Bonchev–Trinajstić information content (AvgIpc) is 2.34. The van der Waals surface area contributed by atoms with Gasteiger partial charge in [-0.2, -0.15) is 0 Å². The first-order chi connectivity index (χ1) is 8.75. The molecule has 1 unspecified atom stereocenters. The van der Waals surface area contributed by atoms with Gasteiger partial charge in [0.1, 0.15) is 4.90 Å². The van der Waals surface area contributed by atoms with Crippen LogP contribution in [0, 0.1) is 16.0 Å². The van der Waals surface area contributed by atoms with E-state index in [0.717, 1.165) is 12.3 Å². The second-order valence-electron chi connectivity index (χ2n) is 4.38. The van der Waals surface area contributed by atoms with Crippen molar-refractivity contribution in [1.82, 2.24) is 0 Å². The van der Waals surface area contributed by atoms with Crippen LogP contribution in [-0.4, -0.2) is 37.9 Å². The van der Waals surface area contributed by atoms with Gasteiger partial charge in [-0.05, 0) is 18.1 Å². The van der Waals surface area contributed by atoms with Gasteiger partial charge in [-0.25, -0.2) is 8.42 Å². The minimum atomic E-state index is -3.68. The quantitative estimate of drug-likeness (QED) is 0.598. The van der Waals surface area contributed by atoms with E-state index in [1.807, 2.05) is 6.92 Å². The van der Waals surface area contributed by atoms with E-state index in [1.165, 1.54) is 12.1 Å². The zero-order valence-corrected chi connectivity index (χ0v) is 11.5. The molecule has 0 aliphatic heterocycles. The standard InChI is InChI=1S/C11H16N2O5S/c1-8(7-14)6-12-9-3-4-10(13(15)16)11(5-9)19(2,17)18/h3-5,8,12,14H,6-7H2,1-2H3. The molecule has 0 saturated carbocycles. The number of aliphatic hydroxyl groups excluding tert-OH is 1. The Morgan fingerprint density at radius 2 is 2.11 bits per heavy atom. The zero-order chi connectivity index (χ0) is 14.6. The molecule has 1 aromatic carbocycles. The maximum atomic E-state index is 11.5. The molecular weight excluding hydrogens is 272 g/mol. The zero-order valence-electron chi connectivity index (χ0n) is 10.7. The van der Waals surface area contributed by atoms with Gasteiger partial charge in [-0.1, -0.05) is 6.92 Å². The van der Waals surface area contributed by atoms with Crippen LogP contribution in [0.4, 0.5) is 11.4 Å². The van der Waals surface area contributed by atoms with Gasteiger partial charge in [0.25, 0.3) is 5.69 Å². The predicted molar refractivity (Wildman–Crippen MR) is 70.9 cm³/mol. The molecule has 0 aliphatic carbocycles. The number of hydrogen-bond acceptors (Lipinski definition) is 6. The molecule has 0 spiro atoms. The van der Waals surface area contributed by atoms with E-state index in [1.54, 1.807) is 0 Å². The molecule has 0 heterocycles. The van der Waals surface area contributed by atoms with E-state index >= 15 is 0 Å². The fourth-order valence-corrected chi connectivity index (χ4v) is 2.29. The molecule has 0 bridgehead atoms. The fraction of sp³-hybridized carbons (Fsp3) is 0.455. The highest BCUT2D eigenvalue weighted by Crippen LogP contribution is 2.27. The van der Waals surface area contributed by atoms with Crippen LogP contribution in [0.25, 0.3) is 0 Å². The van der Waals surface area contributed by atoms with Crippen molar-refractivity contribution in [3.8, 4) is 0 Å². The maximum absolute atomic E-state index is 11.5. The molecular formula is C11H16N2O5S. The largest absolute Gasteiger partial charge is 0.396 e. The highest BCUT2D eigenvalue weighted by Gasteiger charge is 2.22. The van der Waals surface area contributed by atoms with E-state index in [0.29, 0.717) is 12.2 Å². The van der Waals surface area contributed by atoms with E-state index in [-0.39, 0.29) is 17.4 Å². The van der Waals surface area contributed by atoms with E-state index in [4.69, 9.17) is 5.11 Å². The average molecular weight is 288 g/mol. The number of nitro groups is 1. The Morgan fingerprint density at radius 3 is 2.58 bits per heavy atom. The second kappa shape index (κ2) is 5.98. The van der Waals surface area contributed by atoms with Crippen LogP contribution < -0.4 is 5.32 Å². The number of aliphatic hydroxyl groups is 1. The van der Waals surface area contributed by atoms with Gasteiger partial charge in [0.05, 0.1) is 4.92 Å². The molecule has 7 nitrogen and oxygen atoms in total. The Balaban J connectivity index is 3.09. The van der Waals surface area contributed by atoms with E-state index in [2.05, 4.69) is 5.32 Å². The Morgan fingerprint density at radius 1 is 1.47 bits per heavy atom. The number of nitrogens with one attached hydrogen (secondary N) is 1.